The van der Waals surface area contributed by atoms with Gasteiger partial charge in [0.15, 0.2) is 0 Å². The van der Waals surface area contributed by atoms with Gasteiger partial charge in [0.25, 0.3) is 10.2 Å². The third-order valence-corrected chi connectivity index (χ3v) is 4.20. The fourth-order valence-electron chi connectivity index (χ4n) is 1.10. The molecule has 1 rings (SSSR count). The Hall–Kier alpha value is -1.16. The predicted molar refractivity (Wildman–Crippen MR) is 64.0 cm³/mol. The van der Waals surface area contributed by atoms with Gasteiger partial charge in [0.1, 0.15) is 0 Å². The summed E-state index contributed by atoms with van der Waals surface area (Å²) in [6.45, 7) is 0. The van der Waals surface area contributed by atoms with E-state index in [1.54, 1.807) is 0 Å². The molecule has 3 N–H and O–H groups in total. The Labute approximate surface area is 100 Å². The van der Waals surface area contributed by atoms with Crippen LogP contribution < -0.4 is 9.86 Å². The molecular weight excluding hydrogens is 266 g/mol. The topological polar surface area (TPSA) is 110 Å². The van der Waals surface area contributed by atoms with E-state index in [2.05, 4.69) is 0 Å². The van der Waals surface area contributed by atoms with Crippen LogP contribution in [-0.2, 0) is 20.2 Å². The fraction of sp³-hybridized carbons (Fsp3) is 0.250. The highest BCUT2D eigenvalue weighted by molar-refractivity contribution is 7.90. The van der Waals surface area contributed by atoms with Crippen molar-refractivity contribution in [2.75, 3.05) is 18.8 Å². The van der Waals surface area contributed by atoms with Gasteiger partial charge in [-0.05, 0) is 18.2 Å². The molecule has 0 atom stereocenters. The summed E-state index contributed by atoms with van der Waals surface area (Å²) in [6.07, 6.45) is 0. The highest BCUT2D eigenvalue weighted by atomic mass is 32.2. The molecule has 0 fully saturated rings. The molecule has 0 aliphatic rings. The summed E-state index contributed by atoms with van der Waals surface area (Å²) < 4.78 is 48.2. The lowest BCUT2D eigenvalue weighted by molar-refractivity contribution is 0.521. The van der Waals surface area contributed by atoms with E-state index in [1.165, 1.54) is 38.4 Å². The lowest BCUT2D eigenvalue weighted by Crippen LogP contribution is -2.23. The van der Waals surface area contributed by atoms with E-state index in [4.69, 9.17) is 5.14 Å². The standard InChI is InChI=1S/C8H13N3O4S2/c1-11(2)16(12,13)8-5-3-4-7(6-8)10-17(9,14)15/h3-6,10H,1-2H3,(H2,9,14,15). The summed E-state index contributed by atoms with van der Waals surface area (Å²) >= 11 is 0. The average Bonchev–Trinajstić information content (AvgIpc) is 2.15. The lowest BCUT2D eigenvalue weighted by atomic mass is 10.3. The molecular formula is C8H13N3O4S2. The van der Waals surface area contributed by atoms with Crippen molar-refractivity contribution in [2.45, 2.75) is 4.90 Å². The van der Waals surface area contributed by atoms with Gasteiger partial charge in [-0.1, -0.05) is 6.07 Å². The highest BCUT2D eigenvalue weighted by Crippen LogP contribution is 2.18. The van der Waals surface area contributed by atoms with E-state index < -0.39 is 20.2 Å². The van der Waals surface area contributed by atoms with Crippen molar-refractivity contribution >= 4 is 25.9 Å². The van der Waals surface area contributed by atoms with Gasteiger partial charge in [-0.3, -0.25) is 4.72 Å². The summed E-state index contributed by atoms with van der Waals surface area (Å²) in [5.41, 5.74) is 0.0930. The molecule has 0 radical (unpaired) electrons. The zero-order chi connectivity index (χ0) is 13.3. The lowest BCUT2D eigenvalue weighted by Gasteiger charge is -2.12. The molecule has 0 bridgehead atoms. The molecule has 7 nitrogen and oxygen atoms in total. The Bertz CT molecular complexity index is 607. The third kappa shape index (κ3) is 3.66. The number of benzene rings is 1. The van der Waals surface area contributed by atoms with Crippen LogP contribution in [0.15, 0.2) is 29.2 Å². The molecule has 0 amide bonds. The minimum atomic E-state index is -3.92. The van der Waals surface area contributed by atoms with Crippen LogP contribution in [0.3, 0.4) is 0 Å². The maximum atomic E-state index is 11.8. The molecule has 17 heavy (non-hydrogen) atoms. The molecule has 0 spiro atoms. The summed E-state index contributed by atoms with van der Waals surface area (Å²) in [5, 5.41) is 4.79. The van der Waals surface area contributed by atoms with Gasteiger partial charge in [0.2, 0.25) is 10.0 Å². The SMILES string of the molecule is CN(C)S(=O)(=O)c1cccc(NS(N)(=O)=O)c1. The second-order valence-corrected chi connectivity index (χ2v) is 6.91. The Morgan fingerprint density at radius 2 is 1.76 bits per heavy atom. The quantitative estimate of drug-likeness (QED) is 0.778. The summed E-state index contributed by atoms with van der Waals surface area (Å²) in [7, 11) is -4.75. The molecule has 0 saturated carbocycles. The molecule has 0 aromatic heterocycles. The van der Waals surface area contributed by atoms with Crippen LogP contribution in [0.2, 0.25) is 0 Å². The number of nitrogens with zero attached hydrogens (tertiary/aromatic N) is 1. The molecule has 0 aliphatic heterocycles. The van der Waals surface area contributed by atoms with Crippen LogP contribution in [0.5, 0.6) is 0 Å². The number of hydrogen-bond donors (Lipinski definition) is 2. The van der Waals surface area contributed by atoms with E-state index in [0.29, 0.717) is 0 Å². The second kappa shape index (κ2) is 4.61. The number of rotatable bonds is 4. The van der Waals surface area contributed by atoms with E-state index in [9.17, 15) is 16.8 Å². The van der Waals surface area contributed by atoms with E-state index in [-0.39, 0.29) is 10.6 Å². The first-order valence-corrected chi connectivity index (χ1v) is 7.45. The van der Waals surface area contributed by atoms with Gasteiger partial charge >= 0.3 is 0 Å². The maximum Gasteiger partial charge on any atom is 0.296 e. The average molecular weight is 279 g/mol. The summed E-state index contributed by atoms with van der Waals surface area (Å²) in [6, 6.07) is 5.38. The molecule has 1 aromatic rings. The van der Waals surface area contributed by atoms with E-state index in [1.807, 2.05) is 4.72 Å². The smallest absolute Gasteiger partial charge is 0.271 e. The Morgan fingerprint density at radius 1 is 1.18 bits per heavy atom. The van der Waals surface area contributed by atoms with Crippen molar-refractivity contribution in [3.05, 3.63) is 24.3 Å². The van der Waals surface area contributed by atoms with Gasteiger partial charge in [-0.25, -0.2) is 17.9 Å². The second-order valence-electron chi connectivity index (χ2n) is 3.46. The number of nitrogens with one attached hydrogen (secondary N) is 1. The monoisotopic (exact) mass is 279 g/mol. The first-order valence-electron chi connectivity index (χ1n) is 4.46. The first kappa shape index (κ1) is 13.9. The van der Waals surface area contributed by atoms with Crippen molar-refractivity contribution in [2.24, 2.45) is 5.14 Å². The van der Waals surface area contributed by atoms with Crippen LogP contribution in [0.25, 0.3) is 0 Å². The molecule has 96 valence electrons. The number of anilines is 1. The molecule has 0 heterocycles. The minimum Gasteiger partial charge on any atom is -0.271 e. The normalized spacial score (nSPS) is 12.7. The van der Waals surface area contributed by atoms with Crippen LogP contribution >= 0.6 is 0 Å². The van der Waals surface area contributed by atoms with E-state index in [0.717, 1.165) is 4.31 Å². The zero-order valence-electron chi connectivity index (χ0n) is 9.28. The largest absolute Gasteiger partial charge is 0.296 e. The Kier molecular flexibility index (Phi) is 3.77. The van der Waals surface area contributed by atoms with Crippen LogP contribution in [-0.4, -0.2) is 35.2 Å². The van der Waals surface area contributed by atoms with Crippen LogP contribution in [0.4, 0.5) is 5.69 Å². The maximum absolute atomic E-state index is 11.8. The molecule has 0 unspecified atom stereocenters. The van der Waals surface area contributed by atoms with Gasteiger partial charge < -0.3 is 0 Å². The summed E-state index contributed by atoms with van der Waals surface area (Å²) in [4.78, 5) is -0.0175. The molecule has 0 saturated heterocycles. The molecule has 0 aliphatic carbocycles. The molecule has 9 heteroatoms. The van der Waals surface area contributed by atoms with E-state index >= 15 is 0 Å². The van der Waals surface area contributed by atoms with Crippen molar-refractivity contribution in [3.63, 3.8) is 0 Å². The number of nitrogens with two attached hydrogens (primary N) is 1. The van der Waals surface area contributed by atoms with Crippen molar-refractivity contribution in [1.29, 1.82) is 0 Å². The molecule has 1 aromatic carbocycles. The first-order chi connectivity index (χ1) is 7.63. The number of hydrogen-bond acceptors (Lipinski definition) is 4. The summed E-state index contributed by atoms with van der Waals surface area (Å²) in [5.74, 6) is 0. The van der Waals surface area contributed by atoms with Gasteiger partial charge in [-0.15, -0.1) is 0 Å². The third-order valence-electron chi connectivity index (χ3n) is 1.87. The van der Waals surface area contributed by atoms with Crippen LogP contribution in [0, 0.1) is 0 Å². The van der Waals surface area contributed by atoms with Crippen LogP contribution in [0.1, 0.15) is 0 Å². The van der Waals surface area contributed by atoms with Gasteiger partial charge in [0, 0.05) is 14.1 Å². The Morgan fingerprint density at radius 3 is 2.24 bits per heavy atom. The minimum absolute atomic E-state index is 0.0175. The van der Waals surface area contributed by atoms with Crippen molar-refractivity contribution in [1.82, 2.24) is 4.31 Å². The van der Waals surface area contributed by atoms with Gasteiger partial charge in [0.05, 0.1) is 10.6 Å². The highest BCUT2D eigenvalue weighted by Gasteiger charge is 2.17. The van der Waals surface area contributed by atoms with Gasteiger partial charge in [-0.2, -0.15) is 8.42 Å². The zero-order valence-corrected chi connectivity index (χ0v) is 10.9. The fourth-order valence-corrected chi connectivity index (χ4v) is 2.50. The van der Waals surface area contributed by atoms with Crippen molar-refractivity contribution in [3.8, 4) is 0 Å². The predicted octanol–water partition coefficient (Wildman–Crippen LogP) is -0.448. The Balaban J connectivity index is 3.20. The van der Waals surface area contributed by atoms with Crippen molar-refractivity contribution < 1.29 is 16.8 Å². The number of sulfonamides is 1.